The van der Waals surface area contributed by atoms with Crippen LogP contribution in [0.15, 0.2) is 82.0 Å². The van der Waals surface area contributed by atoms with Crippen LogP contribution in [0.4, 0.5) is 10.5 Å². The van der Waals surface area contributed by atoms with Gasteiger partial charge in [0.25, 0.3) is 0 Å². The first kappa shape index (κ1) is 30.4. The standard InChI is InChI=1S/C35H43N3O5/c1-25(41-33(40)43-35(5,6)24-34(2,3)4)38-30-17-11-16-29(31(30)42-32(38)39)37-20-18-36(19-21-37)23-26-12-10-15-28(22-26)27-13-8-7-9-14-27/h7-17,22,25H,18-21,23-24H2,1-6H3. The van der Waals surface area contributed by atoms with Gasteiger partial charge in [0.1, 0.15) is 5.60 Å². The lowest BCUT2D eigenvalue weighted by Gasteiger charge is -2.36. The van der Waals surface area contributed by atoms with E-state index in [2.05, 4.69) is 79.1 Å². The van der Waals surface area contributed by atoms with Gasteiger partial charge in [-0.25, -0.2) is 14.2 Å². The molecular weight excluding hydrogens is 542 g/mol. The Morgan fingerprint density at radius 2 is 1.56 bits per heavy atom. The normalized spacial score (nSPS) is 15.4. The highest BCUT2D eigenvalue weighted by atomic mass is 16.7. The van der Waals surface area contributed by atoms with Gasteiger partial charge in [0, 0.05) is 32.7 Å². The van der Waals surface area contributed by atoms with Crippen LogP contribution in [0, 0.1) is 5.41 Å². The number of benzene rings is 3. The molecule has 43 heavy (non-hydrogen) atoms. The molecule has 5 rings (SSSR count). The SMILES string of the molecule is CC(OC(=O)OC(C)(C)CC(C)(C)C)n1c(=O)oc2c(N3CCN(Cc4cccc(-c5ccccc5)c4)CC3)cccc21. The zero-order valence-electron chi connectivity index (χ0n) is 26.1. The molecule has 0 radical (unpaired) electrons. The van der Waals surface area contributed by atoms with Crippen LogP contribution < -0.4 is 10.7 Å². The molecule has 228 valence electrons. The van der Waals surface area contributed by atoms with Crippen LogP contribution in [0.1, 0.15) is 59.8 Å². The van der Waals surface area contributed by atoms with Crippen molar-refractivity contribution in [1.29, 1.82) is 0 Å². The smallest absolute Gasteiger partial charge is 0.428 e. The number of ether oxygens (including phenoxy) is 2. The third-order valence-electron chi connectivity index (χ3n) is 7.72. The van der Waals surface area contributed by atoms with Crippen molar-refractivity contribution in [3.63, 3.8) is 0 Å². The topological polar surface area (TPSA) is 77.1 Å². The average Bonchev–Trinajstić information content (AvgIpc) is 3.28. The Morgan fingerprint density at radius 3 is 2.26 bits per heavy atom. The van der Waals surface area contributed by atoms with Crippen LogP contribution >= 0.6 is 0 Å². The number of anilines is 1. The van der Waals surface area contributed by atoms with E-state index in [0.29, 0.717) is 17.5 Å². The quantitative estimate of drug-likeness (QED) is 0.199. The molecule has 1 atom stereocenters. The molecule has 0 amide bonds. The van der Waals surface area contributed by atoms with Crippen LogP contribution in [0.2, 0.25) is 0 Å². The predicted octanol–water partition coefficient (Wildman–Crippen LogP) is 7.47. The van der Waals surface area contributed by atoms with Gasteiger partial charge < -0.3 is 18.8 Å². The van der Waals surface area contributed by atoms with Gasteiger partial charge >= 0.3 is 11.9 Å². The largest absolute Gasteiger partial charge is 0.510 e. The van der Waals surface area contributed by atoms with E-state index in [9.17, 15) is 9.59 Å². The average molecular weight is 586 g/mol. The number of aromatic nitrogens is 1. The third kappa shape index (κ3) is 7.49. The van der Waals surface area contributed by atoms with Crippen molar-refractivity contribution in [3.8, 4) is 11.1 Å². The summed E-state index contributed by atoms with van der Waals surface area (Å²) in [6.07, 6.45) is -1.05. The fraction of sp³-hybridized carbons (Fsp3) is 0.429. The van der Waals surface area contributed by atoms with Gasteiger partial charge in [-0.1, -0.05) is 75.4 Å². The fourth-order valence-electron chi connectivity index (χ4n) is 6.28. The number of rotatable bonds is 8. The number of piperazine rings is 1. The van der Waals surface area contributed by atoms with Crippen LogP contribution in [0.3, 0.4) is 0 Å². The molecule has 0 spiro atoms. The first-order valence-corrected chi connectivity index (χ1v) is 15.0. The molecule has 4 aromatic rings. The van der Waals surface area contributed by atoms with E-state index in [4.69, 9.17) is 13.9 Å². The number of carbonyl (C=O) groups is 1. The summed E-state index contributed by atoms with van der Waals surface area (Å²) in [6, 6.07) is 24.9. The highest BCUT2D eigenvalue weighted by molar-refractivity contribution is 5.87. The Labute approximate surface area is 253 Å². The minimum Gasteiger partial charge on any atom is -0.428 e. The minimum atomic E-state index is -0.898. The second-order valence-electron chi connectivity index (χ2n) is 13.3. The van der Waals surface area contributed by atoms with Gasteiger partial charge in [0.2, 0.25) is 0 Å². The number of hydrogen-bond donors (Lipinski definition) is 0. The highest BCUT2D eigenvalue weighted by Gasteiger charge is 2.31. The Hall–Kier alpha value is -4.04. The number of hydrogen-bond acceptors (Lipinski definition) is 7. The molecule has 0 aliphatic carbocycles. The number of nitrogens with zero attached hydrogens (tertiary/aromatic N) is 3. The summed E-state index contributed by atoms with van der Waals surface area (Å²) in [5.74, 6) is -0.575. The highest BCUT2D eigenvalue weighted by Crippen LogP contribution is 2.32. The Kier molecular flexibility index (Phi) is 8.69. The maximum absolute atomic E-state index is 13.0. The monoisotopic (exact) mass is 585 g/mol. The van der Waals surface area contributed by atoms with E-state index < -0.39 is 23.7 Å². The predicted molar refractivity (Wildman–Crippen MR) is 170 cm³/mol. The number of carbonyl (C=O) groups excluding carboxylic acids is 1. The van der Waals surface area contributed by atoms with Crippen LogP contribution in [0.5, 0.6) is 0 Å². The summed E-state index contributed by atoms with van der Waals surface area (Å²) >= 11 is 0. The van der Waals surface area contributed by atoms with Crippen molar-refractivity contribution in [1.82, 2.24) is 9.47 Å². The first-order chi connectivity index (χ1) is 20.4. The lowest BCUT2D eigenvalue weighted by atomic mass is 9.84. The molecule has 2 heterocycles. The molecule has 1 unspecified atom stereocenters. The summed E-state index contributed by atoms with van der Waals surface area (Å²) in [6.45, 7) is 15.9. The minimum absolute atomic E-state index is 0.0254. The molecule has 1 saturated heterocycles. The molecule has 0 saturated carbocycles. The Bertz CT molecular complexity index is 1610. The molecule has 1 fully saturated rings. The van der Waals surface area contributed by atoms with Crippen molar-refractivity contribution in [3.05, 3.63) is 88.9 Å². The van der Waals surface area contributed by atoms with E-state index in [-0.39, 0.29) is 5.41 Å². The zero-order valence-corrected chi connectivity index (χ0v) is 26.1. The Balaban J connectivity index is 1.24. The van der Waals surface area contributed by atoms with E-state index in [1.165, 1.54) is 21.3 Å². The van der Waals surface area contributed by atoms with Crippen molar-refractivity contribution in [2.24, 2.45) is 5.41 Å². The molecule has 8 heteroatoms. The zero-order chi connectivity index (χ0) is 30.8. The van der Waals surface area contributed by atoms with E-state index >= 15 is 0 Å². The number of oxazole rings is 1. The molecular formula is C35H43N3O5. The number of fused-ring (bicyclic) bond motifs is 1. The van der Waals surface area contributed by atoms with Crippen molar-refractivity contribution >= 4 is 22.9 Å². The van der Waals surface area contributed by atoms with Crippen LogP contribution in [0.25, 0.3) is 22.2 Å². The lowest BCUT2D eigenvalue weighted by Crippen LogP contribution is -2.46. The maximum atomic E-state index is 13.0. The van der Waals surface area contributed by atoms with Gasteiger partial charge in [-0.3, -0.25) is 4.90 Å². The lowest BCUT2D eigenvalue weighted by molar-refractivity contribution is -0.0587. The van der Waals surface area contributed by atoms with Gasteiger partial charge in [0.15, 0.2) is 11.8 Å². The maximum Gasteiger partial charge on any atom is 0.510 e. The van der Waals surface area contributed by atoms with Crippen molar-refractivity contribution < 1.29 is 18.7 Å². The van der Waals surface area contributed by atoms with Gasteiger partial charge in [0.05, 0.1) is 11.2 Å². The molecule has 1 aliphatic rings. The summed E-state index contributed by atoms with van der Waals surface area (Å²) < 4.78 is 18.3. The summed E-state index contributed by atoms with van der Waals surface area (Å²) in [5.41, 5.74) is 4.93. The molecule has 8 nitrogen and oxygen atoms in total. The molecule has 0 bridgehead atoms. The first-order valence-electron chi connectivity index (χ1n) is 15.0. The van der Waals surface area contributed by atoms with Gasteiger partial charge in [-0.15, -0.1) is 0 Å². The van der Waals surface area contributed by atoms with Gasteiger partial charge in [-0.05, 0) is 67.5 Å². The summed E-state index contributed by atoms with van der Waals surface area (Å²) in [7, 11) is 0. The van der Waals surface area contributed by atoms with Gasteiger partial charge in [-0.2, -0.15) is 0 Å². The van der Waals surface area contributed by atoms with Crippen LogP contribution in [-0.2, 0) is 16.0 Å². The van der Waals surface area contributed by atoms with Crippen molar-refractivity contribution in [2.75, 3.05) is 31.1 Å². The molecule has 1 aromatic heterocycles. The molecule has 3 aromatic carbocycles. The Morgan fingerprint density at radius 1 is 0.884 bits per heavy atom. The van der Waals surface area contributed by atoms with Crippen LogP contribution in [-0.4, -0.2) is 47.4 Å². The third-order valence-corrected chi connectivity index (χ3v) is 7.72. The second-order valence-corrected chi connectivity index (χ2v) is 13.3. The van der Waals surface area contributed by atoms with E-state index in [1.807, 2.05) is 38.1 Å². The van der Waals surface area contributed by atoms with E-state index in [1.54, 1.807) is 6.92 Å². The second kappa shape index (κ2) is 12.3. The summed E-state index contributed by atoms with van der Waals surface area (Å²) in [4.78, 5) is 30.4. The van der Waals surface area contributed by atoms with Crippen molar-refractivity contribution in [2.45, 2.75) is 66.3 Å². The fourth-order valence-corrected chi connectivity index (χ4v) is 6.28. The molecule has 0 N–H and O–H groups in total. The summed E-state index contributed by atoms with van der Waals surface area (Å²) in [5, 5.41) is 0. The number of para-hydroxylation sites is 1. The molecule has 1 aliphatic heterocycles. The van der Waals surface area contributed by atoms with E-state index in [0.717, 1.165) is 38.4 Å².